The minimum absolute atomic E-state index is 0.347. The molecule has 0 aliphatic heterocycles. The summed E-state index contributed by atoms with van der Waals surface area (Å²) in [6.07, 6.45) is 4.66. The zero-order valence-electron chi connectivity index (χ0n) is 14.2. The molecular formula is C16H24N2O5S. The summed E-state index contributed by atoms with van der Waals surface area (Å²) in [7, 11) is -0.456. The Morgan fingerprint density at radius 2 is 1.71 bits per heavy atom. The van der Waals surface area contributed by atoms with E-state index in [0.717, 1.165) is 25.5 Å². The fraction of sp³-hybridized carbons (Fsp3) is 0.562. The van der Waals surface area contributed by atoms with Gasteiger partial charge >= 0.3 is 0 Å². The number of rotatable bonds is 6. The lowest BCUT2D eigenvalue weighted by Gasteiger charge is -2.35. The van der Waals surface area contributed by atoms with Crippen molar-refractivity contribution >= 4 is 21.6 Å². The van der Waals surface area contributed by atoms with Gasteiger partial charge in [-0.15, -0.1) is 0 Å². The van der Waals surface area contributed by atoms with E-state index in [0.29, 0.717) is 30.0 Å². The van der Waals surface area contributed by atoms with E-state index in [-0.39, 0.29) is 5.91 Å². The van der Waals surface area contributed by atoms with Crippen LogP contribution in [0.5, 0.6) is 11.5 Å². The van der Waals surface area contributed by atoms with Gasteiger partial charge in [0.1, 0.15) is 5.54 Å². The first kappa shape index (κ1) is 18.5. The maximum absolute atomic E-state index is 12.8. The number of carbonyl (C=O) groups excluding carboxylic acids is 1. The van der Waals surface area contributed by atoms with Crippen LogP contribution in [0.2, 0.25) is 0 Å². The Morgan fingerprint density at radius 1 is 1.08 bits per heavy atom. The highest BCUT2D eigenvalue weighted by atomic mass is 32.2. The Labute approximate surface area is 142 Å². The van der Waals surface area contributed by atoms with Gasteiger partial charge in [0.2, 0.25) is 15.9 Å². The number of carbonyl (C=O) groups is 1. The lowest BCUT2D eigenvalue weighted by atomic mass is 9.82. The van der Waals surface area contributed by atoms with E-state index >= 15 is 0 Å². The number of nitrogens with one attached hydrogen (secondary N) is 2. The van der Waals surface area contributed by atoms with Crippen molar-refractivity contribution in [1.82, 2.24) is 4.72 Å². The Bertz CT molecular complexity index is 696. The van der Waals surface area contributed by atoms with Gasteiger partial charge in [-0.05, 0) is 25.0 Å². The van der Waals surface area contributed by atoms with E-state index in [4.69, 9.17) is 9.47 Å². The molecule has 1 amide bonds. The molecule has 1 fully saturated rings. The van der Waals surface area contributed by atoms with Gasteiger partial charge in [-0.3, -0.25) is 4.79 Å². The Balaban J connectivity index is 2.24. The van der Waals surface area contributed by atoms with Crippen LogP contribution < -0.4 is 19.5 Å². The predicted octanol–water partition coefficient (Wildman–Crippen LogP) is 1.89. The topological polar surface area (TPSA) is 93.7 Å². The Hall–Kier alpha value is -1.80. The average molecular weight is 356 g/mol. The largest absolute Gasteiger partial charge is 0.493 e. The minimum atomic E-state index is -3.50. The van der Waals surface area contributed by atoms with Crippen LogP contribution in [0.15, 0.2) is 18.2 Å². The molecule has 0 unspecified atom stereocenters. The highest BCUT2D eigenvalue weighted by Crippen LogP contribution is 2.33. The molecule has 0 saturated heterocycles. The Kier molecular flexibility index (Phi) is 5.71. The molecule has 0 bridgehead atoms. The van der Waals surface area contributed by atoms with Crippen LogP contribution in [0.3, 0.4) is 0 Å². The van der Waals surface area contributed by atoms with Crippen LogP contribution in [0.1, 0.15) is 32.1 Å². The zero-order valence-corrected chi connectivity index (χ0v) is 15.0. The molecule has 0 aromatic heterocycles. The van der Waals surface area contributed by atoms with E-state index in [9.17, 15) is 13.2 Å². The smallest absolute Gasteiger partial charge is 0.245 e. The quantitative estimate of drug-likeness (QED) is 0.812. The lowest BCUT2D eigenvalue weighted by Crippen LogP contribution is -2.57. The molecule has 2 N–H and O–H groups in total. The van der Waals surface area contributed by atoms with E-state index in [1.54, 1.807) is 18.2 Å². The van der Waals surface area contributed by atoms with E-state index < -0.39 is 15.6 Å². The van der Waals surface area contributed by atoms with Gasteiger partial charge in [-0.1, -0.05) is 19.3 Å². The summed E-state index contributed by atoms with van der Waals surface area (Å²) in [5.74, 6) is 0.695. The fourth-order valence-corrected chi connectivity index (χ4v) is 4.06. The first-order chi connectivity index (χ1) is 11.3. The van der Waals surface area contributed by atoms with Crippen LogP contribution >= 0.6 is 0 Å². The number of methoxy groups -OCH3 is 2. The van der Waals surface area contributed by atoms with Gasteiger partial charge < -0.3 is 14.8 Å². The normalized spacial score (nSPS) is 17.1. The molecule has 2 rings (SSSR count). The molecular weight excluding hydrogens is 332 g/mol. The highest BCUT2D eigenvalue weighted by Gasteiger charge is 2.41. The summed E-state index contributed by atoms with van der Waals surface area (Å²) in [4.78, 5) is 12.8. The summed E-state index contributed by atoms with van der Waals surface area (Å²) < 4.78 is 36.4. The monoisotopic (exact) mass is 356 g/mol. The number of sulfonamides is 1. The lowest BCUT2D eigenvalue weighted by molar-refractivity contribution is -0.122. The molecule has 1 aromatic rings. The van der Waals surface area contributed by atoms with Gasteiger partial charge in [0, 0.05) is 11.8 Å². The molecule has 0 heterocycles. The molecule has 7 nitrogen and oxygen atoms in total. The van der Waals surface area contributed by atoms with Crippen molar-refractivity contribution < 1.29 is 22.7 Å². The summed E-state index contributed by atoms with van der Waals surface area (Å²) in [5.41, 5.74) is -0.572. The third kappa shape index (κ3) is 4.39. The average Bonchev–Trinajstić information content (AvgIpc) is 2.54. The molecule has 0 spiro atoms. The third-order valence-corrected chi connectivity index (χ3v) is 4.93. The summed E-state index contributed by atoms with van der Waals surface area (Å²) in [6.45, 7) is 0. The van der Waals surface area contributed by atoms with Crippen LogP contribution in [-0.4, -0.2) is 40.3 Å². The first-order valence-electron chi connectivity index (χ1n) is 7.82. The maximum Gasteiger partial charge on any atom is 0.245 e. The molecule has 1 aliphatic carbocycles. The number of hydrogen-bond donors (Lipinski definition) is 2. The van der Waals surface area contributed by atoms with Crippen molar-refractivity contribution in [2.75, 3.05) is 25.8 Å². The van der Waals surface area contributed by atoms with Crippen LogP contribution in [0.25, 0.3) is 0 Å². The number of ether oxygens (including phenoxy) is 2. The molecule has 24 heavy (non-hydrogen) atoms. The standard InChI is InChI=1S/C16H24N2O5S/c1-22-13-8-7-12(11-14(13)23-2)17-15(19)16(18-24(3,20)21)9-5-4-6-10-16/h7-8,11,18H,4-6,9-10H2,1-3H3,(H,17,19). The summed E-state index contributed by atoms with van der Waals surface area (Å²) in [6, 6.07) is 5.02. The summed E-state index contributed by atoms with van der Waals surface area (Å²) >= 11 is 0. The molecule has 8 heteroatoms. The van der Waals surface area contributed by atoms with E-state index in [1.165, 1.54) is 14.2 Å². The van der Waals surface area contributed by atoms with Crippen LogP contribution in [0.4, 0.5) is 5.69 Å². The van der Waals surface area contributed by atoms with Crippen molar-refractivity contribution in [2.45, 2.75) is 37.6 Å². The van der Waals surface area contributed by atoms with Gasteiger partial charge in [0.25, 0.3) is 0 Å². The first-order valence-corrected chi connectivity index (χ1v) is 9.71. The SMILES string of the molecule is COc1ccc(NC(=O)C2(NS(C)(=O)=O)CCCCC2)cc1OC. The molecule has 1 saturated carbocycles. The van der Waals surface area contributed by atoms with Crippen molar-refractivity contribution in [3.63, 3.8) is 0 Å². The molecule has 134 valence electrons. The van der Waals surface area contributed by atoms with Gasteiger partial charge in [-0.25, -0.2) is 8.42 Å². The number of benzene rings is 1. The Morgan fingerprint density at radius 3 is 2.25 bits per heavy atom. The second kappa shape index (κ2) is 7.40. The van der Waals surface area contributed by atoms with Crippen molar-refractivity contribution in [1.29, 1.82) is 0 Å². The fourth-order valence-electron chi connectivity index (χ4n) is 3.05. The van der Waals surface area contributed by atoms with Gasteiger partial charge in [-0.2, -0.15) is 4.72 Å². The second-order valence-electron chi connectivity index (χ2n) is 6.04. The molecule has 1 aliphatic rings. The predicted molar refractivity (Wildman–Crippen MR) is 92.0 cm³/mol. The van der Waals surface area contributed by atoms with Crippen molar-refractivity contribution in [2.24, 2.45) is 0 Å². The highest BCUT2D eigenvalue weighted by molar-refractivity contribution is 7.88. The molecule has 0 radical (unpaired) electrons. The van der Waals surface area contributed by atoms with E-state index in [2.05, 4.69) is 10.0 Å². The number of anilines is 1. The maximum atomic E-state index is 12.8. The molecule has 0 atom stereocenters. The molecule has 1 aromatic carbocycles. The van der Waals surface area contributed by atoms with Crippen molar-refractivity contribution in [3.05, 3.63) is 18.2 Å². The van der Waals surface area contributed by atoms with Crippen LogP contribution in [-0.2, 0) is 14.8 Å². The summed E-state index contributed by atoms with van der Waals surface area (Å²) in [5, 5.41) is 2.80. The zero-order chi connectivity index (χ0) is 17.8. The minimum Gasteiger partial charge on any atom is -0.493 e. The third-order valence-electron chi connectivity index (χ3n) is 4.16. The van der Waals surface area contributed by atoms with Crippen molar-refractivity contribution in [3.8, 4) is 11.5 Å². The van der Waals surface area contributed by atoms with Crippen LogP contribution in [0, 0.1) is 0 Å². The number of amides is 1. The van der Waals surface area contributed by atoms with Gasteiger partial charge in [0.05, 0.1) is 20.5 Å². The second-order valence-corrected chi connectivity index (χ2v) is 7.79. The van der Waals surface area contributed by atoms with Gasteiger partial charge in [0.15, 0.2) is 11.5 Å². The number of hydrogen-bond acceptors (Lipinski definition) is 5. The van der Waals surface area contributed by atoms with E-state index in [1.807, 2.05) is 0 Å².